The molecule has 4 nitrogen and oxygen atoms in total. The first kappa shape index (κ1) is 18.7. The molecule has 0 bridgehead atoms. The Labute approximate surface area is 159 Å². The topological polar surface area (TPSA) is 41.6 Å². The van der Waals surface area contributed by atoms with E-state index in [1.165, 1.54) is 11.1 Å². The van der Waals surface area contributed by atoms with Gasteiger partial charge in [0.15, 0.2) is 5.11 Å². The number of thiocarbonyl (C=S) groups is 1. The highest BCUT2D eigenvalue weighted by Crippen LogP contribution is 2.35. The fraction of sp³-hybridized carbons (Fsp3) is 0.579. The lowest BCUT2D eigenvalue weighted by Crippen LogP contribution is -2.39. The average Bonchev–Trinajstić information content (AvgIpc) is 2.89. The Morgan fingerprint density at radius 1 is 1.36 bits per heavy atom. The first-order valence-corrected chi connectivity index (χ1v) is 10.7. The van der Waals surface area contributed by atoms with Crippen LogP contribution in [0.1, 0.15) is 36.5 Å². The molecule has 2 heterocycles. The van der Waals surface area contributed by atoms with Crippen LogP contribution in [0.3, 0.4) is 0 Å². The summed E-state index contributed by atoms with van der Waals surface area (Å²) in [6, 6.07) is 8.36. The molecule has 0 spiro atoms. The van der Waals surface area contributed by atoms with Crippen molar-refractivity contribution in [1.29, 1.82) is 0 Å². The predicted octanol–water partition coefficient (Wildman–Crippen LogP) is 3.30. The summed E-state index contributed by atoms with van der Waals surface area (Å²) in [5.74, 6) is 1.35. The van der Waals surface area contributed by atoms with Crippen molar-refractivity contribution in [1.82, 2.24) is 10.2 Å². The van der Waals surface area contributed by atoms with Crippen LogP contribution in [0, 0.1) is 12.8 Å². The summed E-state index contributed by atoms with van der Waals surface area (Å²) >= 11 is 7.19. The van der Waals surface area contributed by atoms with Crippen molar-refractivity contribution in [2.45, 2.75) is 38.3 Å². The zero-order valence-electron chi connectivity index (χ0n) is 14.9. The van der Waals surface area contributed by atoms with Crippen molar-refractivity contribution < 1.29 is 9.53 Å². The van der Waals surface area contributed by atoms with Gasteiger partial charge in [0.2, 0.25) is 0 Å². The molecule has 0 aliphatic carbocycles. The number of aryl methyl sites for hydroxylation is 1. The molecular formula is C19H26N2O2S2. The van der Waals surface area contributed by atoms with Gasteiger partial charge in [-0.05, 0) is 56.0 Å². The van der Waals surface area contributed by atoms with Crippen molar-refractivity contribution >= 4 is 35.0 Å². The number of ether oxygens (including phenoxy) is 1. The van der Waals surface area contributed by atoms with E-state index in [4.69, 9.17) is 17.0 Å². The maximum absolute atomic E-state index is 12.7. The molecule has 0 aromatic heterocycles. The molecule has 6 heteroatoms. The Bertz CT molecular complexity index is 620. The molecule has 2 aliphatic rings. The van der Waals surface area contributed by atoms with Crippen LogP contribution >= 0.6 is 24.0 Å². The molecule has 1 amide bonds. The summed E-state index contributed by atoms with van der Waals surface area (Å²) in [5.41, 5.74) is 2.44. The van der Waals surface area contributed by atoms with Gasteiger partial charge in [-0.15, -0.1) is 0 Å². The number of nitrogens with zero attached hydrogens (tertiary/aromatic N) is 1. The van der Waals surface area contributed by atoms with E-state index in [0.717, 1.165) is 31.6 Å². The highest BCUT2D eigenvalue weighted by Gasteiger charge is 2.38. The number of carbonyl (C=O) groups is 1. The molecule has 25 heavy (non-hydrogen) atoms. The highest BCUT2D eigenvalue weighted by molar-refractivity contribution is 7.98. The Kier molecular flexibility index (Phi) is 6.36. The third kappa shape index (κ3) is 4.36. The predicted molar refractivity (Wildman–Crippen MR) is 107 cm³/mol. The van der Waals surface area contributed by atoms with Crippen LogP contribution in [-0.4, -0.2) is 47.1 Å². The third-order valence-electron chi connectivity index (χ3n) is 4.99. The van der Waals surface area contributed by atoms with Gasteiger partial charge in [-0.25, -0.2) is 0 Å². The molecule has 1 N–H and O–H groups in total. The van der Waals surface area contributed by atoms with Crippen LogP contribution in [0.5, 0.6) is 0 Å². The molecule has 2 aliphatic heterocycles. The standard InChI is InChI=1S/C19H26N2O2S2/c1-13-5-7-14(8-6-13)17-15(4-3-10-23-17)12-21-18(22)16(9-11-25-2)20-19(21)24/h5-8,15-17H,3-4,9-12H2,1-2H3,(H,20,24). The Hall–Kier alpha value is -1.11. The lowest BCUT2D eigenvalue weighted by atomic mass is 9.88. The van der Waals surface area contributed by atoms with Crippen LogP contribution in [0.15, 0.2) is 24.3 Å². The summed E-state index contributed by atoms with van der Waals surface area (Å²) in [6.07, 6.45) is 5.00. The monoisotopic (exact) mass is 378 g/mol. The van der Waals surface area contributed by atoms with Crippen LogP contribution in [0.2, 0.25) is 0 Å². The maximum Gasteiger partial charge on any atom is 0.251 e. The molecule has 2 fully saturated rings. The molecule has 3 rings (SSSR count). The van der Waals surface area contributed by atoms with Crippen LogP contribution in [-0.2, 0) is 9.53 Å². The largest absolute Gasteiger partial charge is 0.373 e. The Morgan fingerprint density at radius 2 is 2.12 bits per heavy atom. The Balaban J connectivity index is 1.70. The smallest absolute Gasteiger partial charge is 0.251 e. The second-order valence-corrected chi connectivity index (χ2v) is 8.21. The molecule has 3 unspecified atom stereocenters. The fourth-order valence-corrected chi connectivity index (χ4v) is 4.35. The number of carbonyl (C=O) groups excluding carboxylic acids is 1. The molecule has 0 saturated carbocycles. The van der Waals surface area contributed by atoms with Crippen LogP contribution < -0.4 is 5.32 Å². The number of amides is 1. The van der Waals surface area contributed by atoms with Crippen molar-refractivity contribution in [2.75, 3.05) is 25.2 Å². The van der Waals surface area contributed by atoms with Gasteiger partial charge in [-0.1, -0.05) is 29.8 Å². The minimum absolute atomic E-state index is 0.0372. The van der Waals surface area contributed by atoms with Crippen LogP contribution in [0.25, 0.3) is 0 Å². The molecule has 0 radical (unpaired) electrons. The summed E-state index contributed by atoms with van der Waals surface area (Å²) in [6.45, 7) is 3.51. The molecule has 136 valence electrons. The summed E-state index contributed by atoms with van der Waals surface area (Å²) < 4.78 is 6.08. The van der Waals surface area contributed by atoms with Gasteiger partial charge in [-0.3, -0.25) is 9.69 Å². The molecule has 1 aromatic carbocycles. The quantitative estimate of drug-likeness (QED) is 0.769. The van der Waals surface area contributed by atoms with Crippen molar-refractivity contribution in [3.05, 3.63) is 35.4 Å². The SMILES string of the molecule is CSCCC1NC(=S)N(CC2CCCOC2c2ccc(C)cc2)C1=O. The van der Waals surface area contributed by atoms with Gasteiger partial charge in [0.25, 0.3) is 5.91 Å². The average molecular weight is 379 g/mol. The maximum atomic E-state index is 12.7. The number of nitrogens with one attached hydrogen (secondary N) is 1. The second-order valence-electron chi connectivity index (χ2n) is 6.84. The lowest BCUT2D eigenvalue weighted by molar-refractivity contribution is -0.128. The van der Waals surface area contributed by atoms with Gasteiger partial charge in [0.1, 0.15) is 6.04 Å². The van der Waals surface area contributed by atoms with E-state index in [9.17, 15) is 4.79 Å². The highest BCUT2D eigenvalue weighted by atomic mass is 32.2. The van der Waals surface area contributed by atoms with E-state index in [-0.39, 0.29) is 24.0 Å². The van der Waals surface area contributed by atoms with E-state index in [1.807, 2.05) is 0 Å². The van der Waals surface area contributed by atoms with E-state index in [0.29, 0.717) is 11.7 Å². The zero-order chi connectivity index (χ0) is 17.8. The van der Waals surface area contributed by atoms with E-state index >= 15 is 0 Å². The minimum atomic E-state index is -0.165. The first-order valence-electron chi connectivity index (χ1n) is 8.89. The Morgan fingerprint density at radius 3 is 2.84 bits per heavy atom. The number of rotatable bonds is 6. The minimum Gasteiger partial charge on any atom is -0.373 e. The second kappa shape index (κ2) is 8.52. The fourth-order valence-electron chi connectivity index (χ4n) is 3.57. The van der Waals surface area contributed by atoms with E-state index < -0.39 is 0 Å². The number of thioether (sulfide) groups is 1. The molecule has 2 saturated heterocycles. The van der Waals surface area contributed by atoms with Crippen molar-refractivity contribution in [3.63, 3.8) is 0 Å². The van der Waals surface area contributed by atoms with Crippen molar-refractivity contribution in [2.24, 2.45) is 5.92 Å². The summed E-state index contributed by atoms with van der Waals surface area (Å²) in [7, 11) is 0. The molecule has 3 atom stereocenters. The van der Waals surface area contributed by atoms with Gasteiger partial charge in [0.05, 0.1) is 6.10 Å². The molecular weight excluding hydrogens is 352 g/mol. The third-order valence-corrected chi connectivity index (χ3v) is 5.97. The van der Waals surface area contributed by atoms with Crippen molar-refractivity contribution in [3.8, 4) is 0 Å². The summed E-state index contributed by atoms with van der Waals surface area (Å²) in [5, 5.41) is 3.77. The first-order chi connectivity index (χ1) is 12.1. The van der Waals surface area contributed by atoms with Gasteiger partial charge >= 0.3 is 0 Å². The molecule has 1 aromatic rings. The van der Waals surface area contributed by atoms with E-state index in [2.05, 4.69) is 42.8 Å². The summed E-state index contributed by atoms with van der Waals surface area (Å²) in [4.78, 5) is 14.5. The van der Waals surface area contributed by atoms with Gasteiger partial charge in [0, 0.05) is 19.1 Å². The van der Waals surface area contributed by atoms with Gasteiger partial charge in [-0.2, -0.15) is 11.8 Å². The van der Waals surface area contributed by atoms with Gasteiger partial charge < -0.3 is 10.1 Å². The number of hydrogen-bond donors (Lipinski definition) is 1. The van der Waals surface area contributed by atoms with E-state index in [1.54, 1.807) is 16.7 Å². The number of hydrogen-bond acceptors (Lipinski definition) is 4. The lowest BCUT2D eigenvalue weighted by Gasteiger charge is -2.34. The normalized spacial score (nSPS) is 26.8. The zero-order valence-corrected chi connectivity index (χ0v) is 16.5. The number of benzene rings is 1. The van der Waals surface area contributed by atoms with Crippen LogP contribution in [0.4, 0.5) is 0 Å².